The molecule has 1 atom stereocenters. The molecule has 0 radical (unpaired) electrons. The molecule has 8 heteroatoms. The fraction of sp³-hybridized carbons (Fsp3) is 0.158. The van der Waals surface area contributed by atoms with E-state index in [9.17, 15) is 14.0 Å². The summed E-state index contributed by atoms with van der Waals surface area (Å²) in [4.78, 5) is 35.6. The van der Waals surface area contributed by atoms with Crippen LogP contribution in [0, 0.1) is 11.7 Å². The largest absolute Gasteiger partial charge is 0.334 e. The molecule has 27 heavy (non-hydrogen) atoms. The number of nitrogens with zero attached hydrogens (tertiary/aromatic N) is 3. The van der Waals surface area contributed by atoms with Crippen LogP contribution < -0.4 is 11.2 Å². The van der Waals surface area contributed by atoms with E-state index >= 15 is 0 Å². The van der Waals surface area contributed by atoms with Gasteiger partial charge in [0.15, 0.2) is 16.6 Å². The average Bonchev–Trinajstić information content (AvgIpc) is 2.65. The van der Waals surface area contributed by atoms with Gasteiger partial charge in [-0.3, -0.25) is 14.8 Å². The highest BCUT2D eigenvalue weighted by molar-refractivity contribution is 6.29. The molecule has 0 spiro atoms. The van der Waals surface area contributed by atoms with Crippen molar-refractivity contribution in [2.75, 3.05) is 0 Å². The van der Waals surface area contributed by atoms with E-state index in [-0.39, 0.29) is 17.0 Å². The number of pyridine rings is 1. The van der Waals surface area contributed by atoms with Gasteiger partial charge in [0.05, 0.1) is 16.8 Å². The summed E-state index contributed by atoms with van der Waals surface area (Å²) in [5, 5.41) is -0.465. The number of H-pyrrole nitrogens is 1. The zero-order valence-corrected chi connectivity index (χ0v) is 15.0. The summed E-state index contributed by atoms with van der Waals surface area (Å²) in [6.07, 6.45) is 2.39. The first-order chi connectivity index (χ1) is 13.0. The summed E-state index contributed by atoms with van der Waals surface area (Å²) in [5.41, 5.74) is 0.590. The van der Waals surface area contributed by atoms with Crippen molar-refractivity contribution < 1.29 is 4.39 Å². The predicted octanol–water partition coefficient (Wildman–Crippen LogP) is 3.31. The molecule has 0 aliphatic carbocycles. The first kappa shape index (κ1) is 17.4. The summed E-state index contributed by atoms with van der Waals surface area (Å²) in [6.45, 7) is 1.94. The van der Waals surface area contributed by atoms with Crippen LogP contribution in [-0.4, -0.2) is 20.7 Å². The minimum Gasteiger partial charge on any atom is -0.273 e. The number of allylic oxidation sites excluding steroid dienone is 1. The van der Waals surface area contributed by atoms with Crippen LogP contribution in [0.15, 0.2) is 51.0 Å². The molecule has 6 nitrogen and oxygen atoms in total. The van der Waals surface area contributed by atoms with Gasteiger partial charge in [0.1, 0.15) is 0 Å². The van der Waals surface area contributed by atoms with E-state index in [0.717, 1.165) is 11.6 Å². The van der Waals surface area contributed by atoms with Crippen LogP contribution in [0.25, 0.3) is 22.4 Å². The zero-order valence-electron chi connectivity index (χ0n) is 14.2. The number of rotatable bonds is 2. The number of aliphatic imine (C=N–C) groups is 1. The molecule has 1 aliphatic heterocycles. The molecule has 0 saturated carbocycles. The number of hydrogen-bond acceptors (Lipinski definition) is 4. The summed E-state index contributed by atoms with van der Waals surface area (Å²) >= 11 is 5.83. The van der Waals surface area contributed by atoms with E-state index in [1.165, 1.54) is 4.57 Å². The smallest absolute Gasteiger partial charge is 0.273 e. The van der Waals surface area contributed by atoms with Crippen molar-refractivity contribution in [2.24, 2.45) is 10.9 Å². The highest BCUT2D eigenvalue weighted by Gasteiger charge is 2.25. The Labute approximate surface area is 157 Å². The lowest BCUT2D eigenvalue weighted by Crippen LogP contribution is -2.33. The summed E-state index contributed by atoms with van der Waals surface area (Å²) in [5.74, 6) is -0.915. The normalized spacial score (nSPS) is 16.9. The van der Waals surface area contributed by atoms with E-state index in [1.807, 2.05) is 37.3 Å². The first-order valence-electron chi connectivity index (χ1n) is 8.31. The minimum absolute atomic E-state index is 0.00234. The van der Waals surface area contributed by atoms with E-state index in [2.05, 4.69) is 15.0 Å². The van der Waals surface area contributed by atoms with E-state index in [4.69, 9.17) is 11.6 Å². The maximum absolute atomic E-state index is 13.9. The van der Waals surface area contributed by atoms with E-state index < -0.39 is 22.2 Å². The van der Waals surface area contributed by atoms with Crippen molar-refractivity contribution in [3.8, 4) is 0 Å². The predicted molar refractivity (Wildman–Crippen MR) is 103 cm³/mol. The number of aromatic nitrogens is 3. The minimum atomic E-state index is -0.827. The van der Waals surface area contributed by atoms with Crippen LogP contribution in [0.3, 0.4) is 0 Å². The number of hydrogen-bond donors (Lipinski definition) is 1. The zero-order chi connectivity index (χ0) is 19.1. The Morgan fingerprint density at radius 3 is 2.74 bits per heavy atom. The highest BCUT2D eigenvalue weighted by Crippen LogP contribution is 2.33. The molecule has 0 unspecified atom stereocenters. The van der Waals surface area contributed by atoms with Crippen LogP contribution in [0.2, 0.25) is 5.15 Å². The molecule has 1 aliphatic rings. The van der Waals surface area contributed by atoms with Crippen LogP contribution >= 0.6 is 11.6 Å². The lowest BCUT2D eigenvalue weighted by atomic mass is 9.96. The Bertz CT molecular complexity index is 1230. The van der Waals surface area contributed by atoms with Crippen LogP contribution in [0.4, 0.5) is 4.39 Å². The third-order valence-electron chi connectivity index (χ3n) is 4.47. The number of halogens is 2. The molecule has 4 rings (SSSR count). The van der Waals surface area contributed by atoms with Gasteiger partial charge in [0.2, 0.25) is 0 Å². The Hall–Kier alpha value is -3.06. The first-order valence-corrected chi connectivity index (χ1v) is 8.68. The maximum Gasteiger partial charge on any atom is 0.334 e. The SMILES string of the molecule is C[C@H]1CC=NC(c2ccccc2)=C1n1c(=O)[nH]c(=O)c2cc(F)c(Cl)nc21. The lowest BCUT2D eigenvalue weighted by Gasteiger charge is -2.23. The molecule has 0 amide bonds. The summed E-state index contributed by atoms with van der Waals surface area (Å²) < 4.78 is 15.1. The quantitative estimate of drug-likeness (QED) is 0.688. The summed E-state index contributed by atoms with van der Waals surface area (Å²) in [7, 11) is 0. The second-order valence-electron chi connectivity index (χ2n) is 6.28. The van der Waals surface area contributed by atoms with Gasteiger partial charge >= 0.3 is 5.69 Å². The molecule has 1 aromatic carbocycles. The van der Waals surface area contributed by atoms with Crippen molar-refractivity contribution >= 4 is 40.2 Å². The molecular weight excluding hydrogens is 371 g/mol. The molecule has 3 aromatic rings. The molecular formula is C19H14ClFN4O2. The van der Waals surface area contributed by atoms with Gasteiger partial charge in [-0.15, -0.1) is 0 Å². The van der Waals surface area contributed by atoms with Gasteiger partial charge in [0.25, 0.3) is 5.56 Å². The van der Waals surface area contributed by atoms with Gasteiger partial charge in [-0.2, -0.15) is 0 Å². The molecule has 0 fully saturated rings. The maximum atomic E-state index is 13.9. The van der Waals surface area contributed by atoms with E-state index in [0.29, 0.717) is 17.8 Å². The second-order valence-corrected chi connectivity index (χ2v) is 6.63. The number of aromatic amines is 1. The lowest BCUT2D eigenvalue weighted by molar-refractivity contribution is 0.623. The van der Waals surface area contributed by atoms with Gasteiger partial charge in [-0.05, 0) is 12.5 Å². The molecule has 1 N–H and O–H groups in total. The molecule has 0 bridgehead atoms. The molecule has 3 heterocycles. The molecule has 136 valence electrons. The van der Waals surface area contributed by atoms with Crippen LogP contribution in [0.5, 0.6) is 0 Å². The fourth-order valence-electron chi connectivity index (χ4n) is 3.19. The monoisotopic (exact) mass is 384 g/mol. The van der Waals surface area contributed by atoms with Crippen molar-refractivity contribution in [1.82, 2.24) is 14.5 Å². The number of fused-ring (bicyclic) bond motifs is 1. The van der Waals surface area contributed by atoms with Gasteiger partial charge < -0.3 is 0 Å². The van der Waals surface area contributed by atoms with Crippen molar-refractivity contribution in [3.63, 3.8) is 0 Å². The summed E-state index contributed by atoms with van der Waals surface area (Å²) in [6, 6.07) is 10.4. The van der Waals surface area contributed by atoms with Crippen LogP contribution in [0.1, 0.15) is 18.9 Å². The van der Waals surface area contributed by atoms with Crippen molar-refractivity contribution in [3.05, 3.63) is 73.8 Å². The Morgan fingerprint density at radius 1 is 1.26 bits per heavy atom. The Morgan fingerprint density at radius 2 is 2.00 bits per heavy atom. The third kappa shape index (κ3) is 2.90. The molecule has 0 saturated heterocycles. The van der Waals surface area contributed by atoms with Crippen molar-refractivity contribution in [1.29, 1.82) is 0 Å². The highest BCUT2D eigenvalue weighted by atomic mass is 35.5. The average molecular weight is 385 g/mol. The van der Waals surface area contributed by atoms with Crippen LogP contribution in [-0.2, 0) is 0 Å². The van der Waals surface area contributed by atoms with Gasteiger partial charge in [-0.1, -0.05) is 48.9 Å². The Balaban J connectivity index is 2.15. The standard InChI is InChI=1S/C19H14ClFN4O2/c1-10-7-8-22-14(11-5-3-2-4-6-11)15(10)25-17-12(18(26)24-19(25)27)9-13(21)16(20)23-17/h2-6,8-10H,7H2,1H3,(H,24,26,27)/t10-/m0/s1. The number of nitrogens with one attached hydrogen (secondary N) is 1. The number of benzene rings is 1. The second kappa shape index (κ2) is 6.59. The third-order valence-corrected chi connectivity index (χ3v) is 4.74. The Kier molecular flexibility index (Phi) is 4.24. The van der Waals surface area contributed by atoms with E-state index in [1.54, 1.807) is 6.21 Å². The van der Waals surface area contributed by atoms with Crippen molar-refractivity contribution in [2.45, 2.75) is 13.3 Å². The van der Waals surface area contributed by atoms with Gasteiger partial charge in [0, 0.05) is 17.7 Å². The topological polar surface area (TPSA) is 80.1 Å². The fourth-order valence-corrected chi connectivity index (χ4v) is 3.33. The molecule has 2 aromatic heterocycles. The van der Waals surface area contributed by atoms with Gasteiger partial charge in [-0.25, -0.2) is 18.7 Å².